The average Bonchev–Trinajstić information content (AvgIpc) is 2.31. The van der Waals surface area contributed by atoms with Crippen LogP contribution in [-0.4, -0.2) is 11.5 Å². The van der Waals surface area contributed by atoms with Crippen LogP contribution in [0.1, 0.15) is 25.1 Å². The minimum atomic E-state index is -0.334. The van der Waals surface area contributed by atoms with E-state index in [9.17, 15) is 4.39 Å². The Balaban J connectivity index is 2.87. The molecule has 1 N–H and O–H groups in total. The van der Waals surface area contributed by atoms with Crippen LogP contribution in [0.25, 0.3) is 10.9 Å². The first-order valence-corrected chi connectivity index (χ1v) is 6.48. The number of pyridine rings is 1. The molecule has 0 unspecified atom stereocenters. The van der Waals surface area contributed by atoms with Crippen molar-refractivity contribution in [2.45, 2.75) is 27.2 Å². The van der Waals surface area contributed by atoms with Crippen molar-refractivity contribution in [3.8, 4) is 0 Å². The number of nitrogens with one attached hydrogen (secondary N) is 1. The SMILES string of the molecule is CCNc1c(CC)c(C)nc2c(Cl)cc(F)cc12. The van der Waals surface area contributed by atoms with Crippen molar-refractivity contribution in [1.29, 1.82) is 0 Å². The van der Waals surface area contributed by atoms with Crippen LogP contribution in [0.5, 0.6) is 0 Å². The fraction of sp³-hybridized carbons (Fsp3) is 0.357. The summed E-state index contributed by atoms with van der Waals surface area (Å²) in [5, 5.41) is 4.41. The van der Waals surface area contributed by atoms with E-state index in [1.54, 1.807) is 0 Å². The van der Waals surface area contributed by atoms with Gasteiger partial charge in [-0.3, -0.25) is 4.98 Å². The molecule has 0 saturated carbocycles. The number of halogens is 2. The molecular weight excluding hydrogens is 251 g/mol. The van der Waals surface area contributed by atoms with Gasteiger partial charge in [-0.05, 0) is 38.0 Å². The van der Waals surface area contributed by atoms with Gasteiger partial charge in [0.1, 0.15) is 5.82 Å². The standard InChI is InChI=1S/C14H16ClFN2/c1-4-10-8(3)18-14-11(13(10)17-5-2)6-9(16)7-12(14)15/h6-7H,4-5H2,1-3H3,(H,17,18). The van der Waals surface area contributed by atoms with Gasteiger partial charge in [0.25, 0.3) is 0 Å². The molecule has 0 aliphatic heterocycles. The predicted molar refractivity (Wildman–Crippen MR) is 75.0 cm³/mol. The number of nitrogens with zero attached hydrogens (tertiary/aromatic N) is 1. The highest BCUT2D eigenvalue weighted by Gasteiger charge is 2.14. The lowest BCUT2D eigenvalue weighted by Gasteiger charge is -2.16. The summed E-state index contributed by atoms with van der Waals surface area (Å²) in [6, 6.07) is 2.79. The van der Waals surface area contributed by atoms with E-state index < -0.39 is 0 Å². The number of anilines is 1. The van der Waals surface area contributed by atoms with Crippen LogP contribution in [0.15, 0.2) is 12.1 Å². The van der Waals surface area contributed by atoms with Gasteiger partial charge in [-0.25, -0.2) is 4.39 Å². The average molecular weight is 267 g/mol. The van der Waals surface area contributed by atoms with E-state index in [4.69, 9.17) is 11.6 Å². The third-order valence-electron chi connectivity index (χ3n) is 3.02. The molecule has 2 nitrogen and oxygen atoms in total. The van der Waals surface area contributed by atoms with Crippen molar-refractivity contribution in [2.24, 2.45) is 0 Å². The summed E-state index contributed by atoms with van der Waals surface area (Å²) in [5.41, 5.74) is 3.66. The van der Waals surface area contributed by atoms with Crippen LogP contribution in [0.3, 0.4) is 0 Å². The van der Waals surface area contributed by atoms with Gasteiger partial charge in [0, 0.05) is 23.3 Å². The Labute approximate surface area is 111 Å². The van der Waals surface area contributed by atoms with E-state index in [1.807, 2.05) is 13.8 Å². The van der Waals surface area contributed by atoms with Gasteiger partial charge < -0.3 is 5.32 Å². The second kappa shape index (κ2) is 5.11. The first-order chi connectivity index (χ1) is 8.58. The summed E-state index contributed by atoms with van der Waals surface area (Å²) in [5.74, 6) is -0.334. The van der Waals surface area contributed by atoms with Crippen molar-refractivity contribution in [3.63, 3.8) is 0 Å². The van der Waals surface area contributed by atoms with Crippen molar-refractivity contribution in [2.75, 3.05) is 11.9 Å². The highest BCUT2D eigenvalue weighted by Crippen LogP contribution is 2.33. The van der Waals surface area contributed by atoms with Crippen LogP contribution in [0.2, 0.25) is 5.02 Å². The molecule has 0 atom stereocenters. The fourth-order valence-corrected chi connectivity index (χ4v) is 2.51. The molecule has 1 aromatic heterocycles. The largest absolute Gasteiger partial charge is 0.384 e. The van der Waals surface area contributed by atoms with Crippen LogP contribution < -0.4 is 5.32 Å². The van der Waals surface area contributed by atoms with Gasteiger partial charge in [-0.15, -0.1) is 0 Å². The number of hydrogen-bond acceptors (Lipinski definition) is 2. The molecule has 0 bridgehead atoms. The monoisotopic (exact) mass is 266 g/mol. The van der Waals surface area contributed by atoms with E-state index in [0.717, 1.165) is 35.3 Å². The highest BCUT2D eigenvalue weighted by molar-refractivity contribution is 6.35. The van der Waals surface area contributed by atoms with Crippen molar-refractivity contribution >= 4 is 28.2 Å². The Morgan fingerprint density at radius 2 is 2.06 bits per heavy atom. The summed E-state index contributed by atoms with van der Waals surface area (Å²) >= 11 is 6.07. The molecule has 2 rings (SSSR count). The fourth-order valence-electron chi connectivity index (χ4n) is 2.26. The van der Waals surface area contributed by atoms with Gasteiger partial charge in [-0.1, -0.05) is 18.5 Å². The Kier molecular flexibility index (Phi) is 3.71. The predicted octanol–water partition coefficient (Wildman–Crippen LogP) is 4.33. The zero-order valence-electron chi connectivity index (χ0n) is 10.8. The summed E-state index contributed by atoms with van der Waals surface area (Å²) in [6.07, 6.45) is 0.852. The van der Waals surface area contributed by atoms with Crippen LogP contribution in [-0.2, 0) is 6.42 Å². The molecule has 0 fully saturated rings. The van der Waals surface area contributed by atoms with Gasteiger partial charge in [0.05, 0.1) is 10.5 Å². The molecule has 2 aromatic rings. The Morgan fingerprint density at radius 1 is 1.33 bits per heavy atom. The van der Waals surface area contributed by atoms with E-state index >= 15 is 0 Å². The van der Waals surface area contributed by atoms with Crippen LogP contribution in [0, 0.1) is 12.7 Å². The Morgan fingerprint density at radius 3 is 2.67 bits per heavy atom. The molecule has 1 aromatic carbocycles. The number of hydrogen-bond donors (Lipinski definition) is 1. The number of aryl methyl sites for hydroxylation is 1. The molecule has 18 heavy (non-hydrogen) atoms. The first-order valence-electron chi connectivity index (χ1n) is 6.10. The van der Waals surface area contributed by atoms with Crippen molar-refractivity contribution < 1.29 is 4.39 Å². The minimum Gasteiger partial charge on any atom is -0.384 e. The topological polar surface area (TPSA) is 24.9 Å². The van der Waals surface area contributed by atoms with Crippen molar-refractivity contribution in [3.05, 3.63) is 34.2 Å². The molecule has 1 heterocycles. The third kappa shape index (κ3) is 2.15. The molecule has 4 heteroatoms. The van der Waals surface area contributed by atoms with Gasteiger partial charge >= 0.3 is 0 Å². The zero-order chi connectivity index (χ0) is 13.3. The molecule has 0 amide bonds. The van der Waals surface area contributed by atoms with E-state index in [1.165, 1.54) is 12.1 Å². The lowest BCUT2D eigenvalue weighted by molar-refractivity contribution is 0.629. The summed E-state index contributed by atoms with van der Waals surface area (Å²) in [7, 11) is 0. The lowest BCUT2D eigenvalue weighted by Crippen LogP contribution is -2.05. The van der Waals surface area contributed by atoms with Crippen LogP contribution >= 0.6 is 11.6 Å². The Hall–Kier alpha value is -1.35. The normalized spacial score (nSPS) is 10.9. The third-order valence-corrected chi connectivity index (χ3v) is 3.31. The molecule has 0 aliphatic carbocycles. The molecule has 0 saturated heterocycles. The first kappa shape index (κ1) is 13.1. The minimum absolute atomic E-state index is 0.334. The second-order valence-corrected chi connectivity index (χ2v) is 4.63. The molecule has 0 aliphatic rings. The quantitative estimate of drug-likeness (QED) is 0.894. The Bertz CT molecular complexity index is 596. The maximum Gasteiger partial charge on any atom is 0.125 e. The van der Waals surface area contributed by atoms with E-state index in [2.05, 4.69) is 17.2 Å². The molecule has 0 radical (unpaired) electrons. The molecular formula is C14H16ClFN2. The second-order valence-electron chi connectivity index (χ2n) is 4.22. The number of fused-ring (bicyclic) bond motifs is 1. The molecule has 0 spiro atoms. The number of rotatable bonds is 3. The number of aromatic nitrogens is 1. The summed E-state index contributed by atoms with van der Waals surface area (Å²) < 4.78 is 13.5. The van der Waals surface area contributed by atoms with Gasteiger partial charge in [0.15, 0.2) is 0 Å². The summed E-state index contributed by atoms with van der Waals surface area (Å²) in [4.78, 5) is 4.49. The lowest BCUT2D eigenvalue weighted by atomic mass is 10.0. The maximum absolute atomic E-state index is 13.5. The maximum atomic E-state index is 13.5. The van der Waals surface area contributed by atoms with E-state index in [0.29, 0.717) is 10.5 Å². The highest BCUT2D eigenvalue weighted by atomic mass is 35.5. The molecule has 96 valence electrons. The summed E-state index contributed by atoms with van der Waals surface area (Å²) in [6.45, 7) is 6.82. The van der Waals surface area contributed by atoms with Crippen molar-refractivity contribution in [1.82, 2.24) is 4.98 Å². The van der Waals surface area contributed by atoms with E-state index in [-0.39, 0.29) is 5.82 Å². The smallest absolute Gasteiger partial charge is 0.125 e. The van der Waals surface area contributed by atoms with Gasteiger partial charge in [-0.2, -0.15) is 0 Å². The van der Waals surface area contributed by atoms with Gasteiger partial charge in [0.2, 0.25) is 0 Å². The number of benzene rings is 1. The zero-order valence-corrected chi connectivity index (χ0v) is 11.5. The van der Waals surface area contributed by atoms with Crippen LogP contribution in [0.4, 0.5) is 10.1 Å².